The summed E-state index contributed by atoms with van der Waals surface area (Å²) in [7, 11) is 0. The predicted molar refractivity (Wildman–Crippen MR) is 57.3 cm³/mol. The number of rotatable bonds is 6. The number of unbranched alkanes of at least 4 members (excludes halogenated alkanes) is 3. The van der Waals surface area contributed by atoms with Gasteiger partial charge in [0, 0.05) is 6.42 Å². The van der Waals surface area contributed by atoms with E-state index >= 15 is 0 Å². The van der Waals surface area contributed by atoms with Gasteiger partial charge in [-0.3, -0.25) is 0 Å². The van der Waals surface area contributed by atoms with Crippen LogP contribution in [-0.2, 0) is 0 Å². The van der Waals surface area contributed by atoms with E-state index in [2.05, 4.69) is 38.1 Å². The molecule has 0 aromatic carbocycles. The summed E-state index contributed by atoms with van der Waals surface area (Å²) in [5, 5.41) is 8.33. The molecule has 13 heavy (non-hydrogen) atoms. The lowest BCUT2D eigenvalue weighted by Gasteiger charge is -1.91. The Hall–Kier alpha value is -1.03. The van der Waals surface area contributed by atoms with E-state index in [0.717, 1.165) is 6.42 Å². The zero-order valence-corrected chi connectivity index (χ0v) is 8.71. The number of hydrogen-bond donors (Lipinski definition) is 0. The van der Waals surface area contributed by atoms with Crippen molar-refractivity contribution in [2.75, 3.05) is 0 Å². The molecule has 0 bridgehead atoms. The van der Waals surface area contributed by atoms with E-state index in [9.17, 15) is 0 Å². The molecule has 0 aliphatic rings. The summed E-state index contributed by atoms with van der Waals surface area (Å²) in [6, 6.07) is 2.13. The molecular formula is C12H19N. The number of nitrogens with zero attached hydrogens (tertiary/aromatic N) is 1. The topological polar surface area (TPSA) is 23.8 Å². The summed E-state index contributed by atoms with van der Waals surface area (Å²) in [5.74, 6) is 0. The van der Waals surface area contributed by atoms with Crippen LogP contribution in [-0.4, -0.2) is 0 Å². The van der Waals surface area contributed by atoms with Crippen LogP contribution in [0.2, 0.25) is 0 Å². The summed E-state index contributed by atoms with van der Waals surface area (Å²) in [6.45, 7) is 4.28. The second-order valence-electron chi connectivity index (χ2n) is 3.19. The fraction of sp³-hybridized carbons (Fsp3) is 0.583. The average Bonchev–Trinajstić information content (AvgIpc) is 2.13. The molecule has 1 heteroatoms. The fourth-order valence-electron chi connectivity index (χ4n) is 1.02. The fourth-order valence-corrected chi connectivity index (χ4v) is 1.02. The zero-order chi connectivity index (χ0) is 9.94. The van der Waals surface area contributed by atoms with Crippen LogP contribution in [0.15, 0.2) is 23.8 Å². The summed E-state index contributed by atoms with van der Waals surface area (Å²) in [5.41, 5.74) is 1.27. The van der Waals surface area contributed by atoms with Crippen molar-refractivity contribution in [3.05, 3.63) is 23.8 Å². The largest absolute Gasteiger partial charge is 0.198 e. The number of nitriles is 1. The minimum absolute atomic E-state index is 0.625. The minimum atomic E-state index is 0.625. The van der Waals surface area contributed by atoms with Gasteiger partial charge < -0.3 is 0 Å². The van der Waals surface area contributed by atoms with Gasteiger partial charge in [-0.15, -0.1) is 0 Å². The van der Waals surface area contributed by atoms with Gasteiger partial charge in [0.15, 0.2) is 0 Å². The van der Waals surface area contributed by atoms with Gasteiger partial charge in [0.2, 0.25) is 0 Å². The maximum absolute atomic E-state index is 8.33. The van der Waals surface area contributed by atoms with Crippen LogP contribution in [0.5, 0.6) is 0 Å². The van der Waals surface area contributed by atoms with Crippen molar-refractivity contribution < 1.29 is 0 Å². The number of allylic oxidation sites excluding steroid dienone is 4. The van der Waals surface area contributed by atoms with E-state index in [4.69, 9.17) is 5.26 Å². The third-order valence-electron chi connectivity index (χ3n) is 1.83. The van der Waals surface area contributed by atoms with Gasteiger partial charge >= 0.3 is 0 Å². The monoisotopic (exact) mass is 177 g/mol. The van der Waals surface area contributed by atoms with Crippen molar-refractivity contribution in [2.24, 2.45) is 0 Å². The van der Waals surface area contributed by atoms with Crippen LogP contribution >= 0.6 is 0 Å². The molecule has 0 spiro atoms. The van der Waals surface area contributed by atoms with Crippen molar-refractivity contribution in [1.29, 1.82) is 5.26 Å². The van der Waals surface area contributed by atoms with Crippen molar-refractivity contribution in [3.63, 3.8) is 0 Å². The van der Waals surface area contributed by atoms with Crippen molar-refractivity contribution in [2.45, 2.75) is 46.0 Å². The second-order valence-corrected chi connectivity index (χ2v) is 3.19. The molecule has 72 valence electrons. The van der Waals surface area contributed by atoms with Gasteiger partial charge in [-0.25, -0.2) is 0 Å². The Kier molecular flexibility index (Phi) is 8.34. The Morgan fingerprint density at radius 1 is 1.38 bits per heavy atom. The third kappa shape index (κ3) is 8.88. The third-order valence-corrected chi connectivity index (χ3v) is 1.83. The van der Waals surface area contributed by atoms with E-state index in [1.165, 1.54) is 24.8 Å². The first-order chi connectivity index (χ1) is 6.31. The summed E-state index contributed by atoms with van der Waals surface area (Å²) in [6.07, 6.45) is 11.7. The molecule has 0 aromatic rings. The lowest BCUT2D eigenvalue weighted by atomic mass is 10.1. The Morgan fingerprint density at radius 2 is 2.15 bits per heavy atom. The van der Waals surface area contributed by atoms with Crippen LogP contribution in [0.4, 0.5) is 0 Å². The van der Waals surface area contributed by atoms with Gasteiger partial charge in [0.25, 0.3) is 0 Å². The summed E-state index contributed by atoms with van der Waals surface area (Å²) < 4.78 is 0. The van der Waals surface area contributed by atoms with Crippen LogP contribution in [0.1, 0.15) is 46.0 Å². The number of hydrogen-bond acceptors (Lipinski definition) is 1. The molecule has 0 rings (SSSR count). The van der Waals surface area contributed by atoms with E-state index in [-0.39, 0.29) is 0 Å². The van der Waals surface area contributed by atoms with E-state index in [1.54, 1.807) is 0 Å². The van der Waals surface area contributed by atoms with Crippen LogP contribution < -0.4 is 0 Å². The van der Waals surface area contributed by atoms with Crippen LogP contribution in [0.25, 0.3) is 0 Å². The van der Waals surface area contributed by atoms with Gasteiger partial charge in [0.1, 0.15) is 0 Å². The normalized spacial score (nSPS) is 11.9. The zero-order valence-electron chi connectivity index (χ0n) is 8.71. The highest BCUT2D eigenvalue weighted by Crippen LogP contribution is 2.02. The first-order valence-electron chi connectivity index (χ1n) is 5.01. The Morgan fingerprint density at radius 3 is 2.77 bits per heavy atom. The van der Waals surface area contributed by atoms with Gasteiger partial charge in [-0.05, 0) is 19.8 Å². The summed E-state index contributed by atoms with van der Waals surface area (Å²) in [4.78, 5) is 0. The van der Waals surface area contributed by atoms with Crippen LogP contribution in [0, 0.1) is 11.3 Å². The Bertz CT molecular complexity index is 206. The first-order valence-corrected chi connectivity index (χ1v) is 5.01. The molecule has 0 unspecified atom stereocenters. The Labute approximate surface area is 81.8 Å². The quantitative estimate of drug-likeness (QED) is 0.444. The standard InChI is InChI=1S/C12H19N/c1-3-4-5-6-9-12(2)10-7-8-11-13/h6,9-10H,3-5,7-8H2,1-2H3/b9-6+,12-10+. The minimum Gasteiger partial charge on any atom is -0.198 e. The highest BCUT2D eigenvalue weighted by Gasteiger charge is 1.83. The smallest absolute Gasteiger partial charge is 0.0625 e. The molecule has 0 aliphatic carbocycles. The lowest BCUT2D eigenvalue weighted by Crippen LogP contribution is -1.72. The molecule has 0 saturated heterocycles. The molecule has 0 N–H and O–H groups in total. The molecule has 0 radical (unpaired) electrons. The highest BCUT2D eigenvalue weighted by molar-refractivity contribution is 5.15. The van der Waals surface area contributed by atoms with Gasteiger partial charge in [0.05, 0.1) is 6.07 Å². The average molecular weight is 177 g/mol. The predicted octanol–water partition coefficient (Wildman–Crippen LogP) is 3.98. The highest BCUT2D eigenvalue weighted by atomic mass is 14.2. The van der Waals surface area contributed by atoms with Crippen LogP contribution in [0.3, 0.4) is 0 Å². The Balaban J connectivity index is 3.59. The SMILES string of the molecule is CCCC/C=C/C(C)=C/CCC#N. The van der Waals surface area contributed by atoms with E-state index < -0.39 is 0 Å². The van der Waals surface area contributed by atoms with Crippen molar-refractivity contribution >= 4 is 0 Å². The molecular weight excluding hydrogens is 158 g/mol. The summed E-state index contributed by atoms with van der Waals surface area (Å²) >= 11 is 0. The van der Waals surface area contributed by atoms with Gasteiger partial charge in [-0.1, -0.05) is 43.6 Å². The maximum Gasteiger partial charge on any atom is 0.0625 e. The molecule has 0 aromatic heterocycles. The van der Waals surface area contributed by atoms with Crippen molar-refractivity contribution in [3.8, 4) is 6.07 Å². The van der Waals surface area contributed by atoms with Crippen molar-refractivity contribution in [1.82, 2.24) is 0 Å². The molecule has 0 aliphatic heterocycles. The molecule has 0 atom stereocenters. The lowest BCUT2D eigenvalue weighted by molar-refractivity contribution is 0.814. The van der Waals surface area contributed by atoms with E-state index in [1.807, 2.05) is 0 Å². The van der Waals surface area contributed by atoms with E-state index in [0.29, 0.717) is 6.42 Å². The molecule has 0 heterocycles. The molecule has 1 nitrogen and oxygen atoms in total. The first kappa shape index (κ1) is 12.0. The molecule has 0 fully saturated rings. The molecule has 0 amide bonds. The van der Waals surface area contributed by atoms with Gasteiger partial charge in [-0.2, -0.15) is 5.26 Å². The second kappa shape index (κ2) is 9.06. The maximum atomic E-state index is 8.33. The molecule has 0 saturated carbocycles.